The first-order chi connectivity index (χ1) is 8.61. The molecule has 0 aliphatic rings. The van der Waals surface area contributed by atoms with Gasteiger partial charge in [-0.05, 0) is 36.2 Å². The van der Waals surface area contributed by atoms with E-state index in [2.05, 4.69) is 22.0 Å². The second-order valence-electron chi connectivity index (χ2n) is 3.94. The molecule has 0 N–H and O–H groups in total. The Hall–Kier alpha value is -1.92. The average molecular weight is 300 g/mol. The minimum Gasteiger partial charge on any atom is -0.295 e. The van der Waals surface area contributed by atoms with E-state index in [9.17, 15) is 4.79 Å². The molecule has 0 saturated heterocycles. The molecule has 0 unspecified atom stereocenters. The summed E-state index contributed by atoms with van der Waals surface area (Å²) in [7, 11) is 0. The summed E-state index contributed by atoms with van der Waals surface area (Å²) in [6.07, 6.45) is 0. The van der Waals surface area contributed by atoms with Gasteiger partial charge in [0.2, 0.25) is 0 Å². The number of benzene rings is 2. The maximum Gasteiger partial charge on any atom is 0.159 e. The maximum absolute atomic E-state index is 11.3. The number of carbonyl (C=O) groups excluding carboxylic acids is 1. The Morgan fingerprint density at radius 1 is 1.22 bits per heavy atom. The number of hydrogen-bond acceptors (Lipinski definition) is 2. The summed E-state index contributed by atoms with van der Waals surface area (Å²) in [6.45, 7) is 1.54. The molecule has 0 spiro atoms. The van der Waals surface area contributed by atoms with Gasteiger partial charge in [-0.25, -0.2) is 0 Å². The van der Waals surface area contributed by atoms with Crippen molar-refractivity contribution in [3.63, 3.8) is 0 Å². The first-order valence-corrected chi connectivity index (χ1v) is 6.22. The molecule has 88 valence electrons. The highest BCUT2D eigenvalue weighted by atomic mass is 79.9. The number of nitrogens with zero attached hydrogens (tertiary/aromatic N) is 1. The molecule has 0 radical (unpaired) electrons. The van der Waals surface area contributed by atoms with Crippen LogP contribution in [0.3, 0.4) is 0 Å². The number of hydrogen-bond donors (Lipinski definition) is 0. The molecule has 0 amide bonds. The lowest BCUT2D eigenvalue weighted by molar-refractivity contribution is 0.101. The summed E-state index contributed by atoms with van der Waals surface area (Å²) in [4.78, 5) is 11.3. The van der Waals surface area contributed by atoms with Gasteiger partial charge in [0.15, 0.2) is 5.78 Å². The third kappa shape index (κ3) is 2.49. The third-order valence-electron chi connectivity index (χ3n) is 2.68. The molecule has 0 aromatic heterocycles. The summed E-state index contributed by atoms with van der Waals surface area (Å²) in [5, 5.41) is 8.89. The van der Waals surface area contributed by atoms with Gasteiger partial charge in [0.05, 0.1) is 11.6 Å². The molecule has 0 bridgehead atoms. The van der Waals surface area contributed by atoms with Gasteiger partial charge in [-0.15, -0.1) is 0 Å². The van der Waals surface area contributed by atoms with Gasteiger partial charge in [-0.2, -0.15) is 5.26 Å². The second kappa shape index (κ2) is 5.16. The van der Waals surface area contributed by atoms with Gasteiger partial charge in [-0.3, -0.25) is 4.79 Å². The molecule has 0 aliphatic heterocycles. The molecular formula is C15H10BrNO. The zero-order valence-corrected chi connectivity index (χ0v) is 11.4. The molecule has 0 atom stereocenters. The second-order valence-corrected chi connectivity index (χ2v) is 4.80. The molecule has 2 aromatic rings. The number of carbonyl (C=O) groups is 1. The summed E-state index contributed by atoms with van der Waals surface area (Å²) < 4.78 is 0.852. The predicted octanol–water partition coefficient (Wildman–Crippen LogP) is 4.19. The predicted molar refractivity (Wildman–Crippen MR) is 74.3 cm³/mol. The van der Waals surface area contributed by atoms with Crippen LogP contribution in [0.1, 0.15) is 22.8 Å². The Morgan fingerprint density at radius 2 is 2.00 bits per heavy atom. The van der Waals surface area contributed by atoms with Crippen LogP contribution in [0.15, 0.2) is 46.9 Å². The maximum atomic E-state index is 11.3. The number of ketones is 1. The van der Waals surface area contributed by atoms with Crippen molar-refractivity contribution >= 4 is 21.7 Å². The molecule has 0 heterocycles. The van der Waals surface area contributed by atoms with E-state index in [4.69, 9.17) is 5.26 Å². The number of nitriles is 1. The van der Waals surface area contributed by atoms with Crippen molar-refractivity contribution in [1.29, 1.82) is 5.26 Å². The summed E-state index contributed by atoms with van der Waals surface area (Å²) >= 11 is 3.46. The number of halogens is 1. The van der Waals surface area contributed by atoms with Crippen molar-refractivity contribution in [2.45, 2.75) is 6.92 Å². The summed E-state index contributed by atoms with van der Waals surface area (Å²) in [5.41, 5.74) is 3.21. The number of rotatable bonds is 2. The van der Waals surface area contributed by atoms with E-state index in [1.807, 2.05) is 24.3 Å². The normalized spacial score (nSPS) is 9.83. The van der Waals surface area contributed by atoms with E-state index in [-0.39, 0.29) is 5.78 Å². The molecule has 0 aliphatic carbocycles. The fraction of sp³-hybridized carbons (Fsp3) is 0.0667. The lowest BCUT2D eigenvalue weighted by Crippen LogP contribution is -1.92. The van der Waals surface area contributed by atoms with Crippen molar-refractivity contribution in [2.24, 2.45) is 0 Å². The van der Waals surface area contributed by atoms with E-state index in [0.29, 0.717) is 11.1 Å². The monoisotopic (exact) mass is 299 g/mol. The lowest BCUT2D eigenvalue weighted by atomic mass is 10.0. The molecule has 2 aromatic carbocycles. The zero-order valence-electron chi connectivity index (χ0n) is 9.77. The summed E-state index contributed by atoms with van der Waals surface area (Å²) in [5.74, 6) is 0.0352. The van der Waals surface area contributed by atoms with Crippen LogP contribution in [0, 0.1) is 11.3 Å². The van der Waals surface area contributed by atoms with Crippen LogP contribution in [0.25, 0.3) is 11.1 Å². The largest absolute Gasteiger partial charge is 0.295 e. The number of Topliss-reactive ketones (excluding diaryl/α,β-unsaturated/α-hetero) is 1. The van der Waals surface area contributed by atoms with Gasteiger partial charge < -0.3 is 0 Å². The van der Waals surface area contributed by atoms with Crippen molar-refractivity contribution in [3.05, 3.63) is 58.1 Å². The van der Waals surface area contributed by atoms with Crippen molar-refractivity contribution in [2.75, 3.05) is 0 Å². The van der Waals surface area contributed by atoms with E-state index in [0.717, 1.165) is 15.6 Å². The zero-order chi connectivity index (χ0) is 13.1. The molecule has 2 nitrogen and oxygen atoms in total. The Morgan fingerprint density at radius 3 is 2.61 bits per heavy atom. The quantitative estimate of drug-likeness (QED) is 0.780. The van der Waals surface area contributed by atoms with Gasteiger partial charge >= 0.3 is 0 Å². The van der Waals surface area contributed by atoms with E-state index in [1.54, 1.807) is 18.2 Å². The lowest BCUT2D eigenvalue weighted by Gasteiger charge is -2.06. The van der Waals surface area contributed by atoms with Crippen LogP contribution < -0.4 is 0 Å². The van der Waals surface area contributed by atoms with Crippen LogP contribution in [0.4, 0.5) is 0 Å². The van der Waals surface area contributed by atoms with Crippen LogP contribution in [-0.2, 0) is 0 Å². The highest BCUT2D eigenvalue weighted by molar-refractivity contribution is 9.10. The van der Waals surface area contributed by atoms with Crippen molar-refractivity contribution < 1.29 is 4.79 Å². The molecule has 0 saturated carbocycles. The minimum atomic E-state index is 0.0352. The SMILES string of the molecule is CC(=O)c1ccc(-c2cccc(C#N)c2)c(Br)c1. The van der Waals surface area contributed by atoms with Crippen molar-refractivity contribution in [1.82, 2.24) is 0 Å². The van der Waals surface area contributed by atoms with Gasteiger partial charge in [0.25, 0.3) is 0 Å². The molecule has 2 rings (SSSR count). The first-order valence-electron chi connectivity index (χ1n) is 5.43. The molecular weight excluding hydrogens is 290 g/mol. The first kappa shape index (κ1) is 12.5. The van der Waals surface area contributed by atoms with Crippen LogP contribution >= 0.6 is 15.9 Å². The highest BCUT2D eigenvalue weighted by Crippen LogP contribution is 2.29. The van der Waals surface area contributed by atoms with E-state index in [1.165, 1.54) is 6.92 Å². The fourth-order valence-corrected chi connectivity index (χ4v) is 2.33. The Labute approximate surface area is 114 Å². The fourth-order valence-electron chi connectivity index (χ4n) is 1.72. The molecule has 0 fully saturated rings. The Balaban J connectivity index is 2.51. The topological polar surface area (TPSA) is 40.9 Å². The molecule has 3 heteroatoms. The van der Waals surface area contributed by atoms with Gasteiger partial charge in [-0.1, -0.05) is 40.2 Å². The van der Waals surface area contributed by atoms with Crippen LogP contribution in [0.2, 0.25) is 0 Å². The van der Waals surface area contributed by atoms with Crippen LogP contribution in [0.5, 0.6) is 0 Å². The van der Waals surface area contributed by atoms with Crippen LogP contribution in [-0.4, -0.2) is 5.78 Å². The highest BCUT2D eigenvalue weighted by Gasteiger charge is 2.07. The Kier molecular flexibility index (Phi) is 3.59. The summed E-state index contributed by atoms with van der Waals surface area (Å²) in [6, 6.07) is 15.0. The smallest absolute Gasteiger partial charge is 0.159 e. The van der Waals surface area contributed by atoms with E-state index >= 15 is 0 Å². The minimum absolute atomic E-state index is 0.0352. The van der Waals surface area contributed by atoms with Crippen molar-refractivity contribution in [3.8, 4) is 17.2 Å². The van der Waals surface area contributed by atoms with Gasteiger partial charge in [0.1, 0.15) is 0 Å². The third-order valence-corrected chi connectivity index (χ3v) is 3.33. The Bertz CT molecular complexity index is 656. The molecule has 18 heavy (non-hydrogen) atoms. The average Bonchev–Trinajstić information content (AvgIpc) is 2.38. The standard InChI is InChI=1S/C15H10BrNO/c1-10(18)12-5-6-14(15(16)8-12)13-4-2-3-11(7-13)9-17/h2-8H,1H3. The van der Waals surface area contributed by atoms with E-state index < -0.39 is 0 Å². The van der Waals surface area contributed by atoms with Gasteiger partial charge in [0, 0.05) is 10.0 Å².